The quantitative estimate of drug-likeness (QED) is 0.801. The van der Waals surface area contributed by atoms with Crippen LogP contribution >= 0.6 is 11.3 Å². The van der Waals surface area contributed by atoms with Gasteiger partial charge in [-0.3, -0.25) is 4.40 Å². The van der Waals surface area contributed by atoms with E-state index in [9.17, 15) is 0 Å². The van der Waals surface area contributed by atoms with E-state index in [1.54, 1.807) is 11.3 Å². The molecule has 0 unspecified atom stereocenters. The van der Waals surface area contributed by atoms with Gasteiger partial charge in [-0.15, -0.1) is 11.3 Å². The fourth-order valence-electron chi connectivity index (χ4n) is 2.35. The molecule has 2 N–H and O–H groups in total. The second kappa shape index (κ2) is 5.26. The van der Waals surface area contributed by atoms with Gasteiger partial charge in [0.1, 0.15) is 5.75 Å². The Bertz CT molecular complexity index is 727. The summed E-state index contributed by atoms with van der Waals surface area (Å²) >= 11 is 1.64. The summed E-state index contributed by atoms with van der Waals surface area (Å²) in [5.41, 5.74) is 10.2. The second-order valence-corrected chi connectivity index (χ2v) is 5.38. The highest BCUT2D eigenvalue weighted by Crippen LogP contribution is 2.29. The lowest BCUT2D eigenvalue weighted by Crippen LogP contribution is -2.03. The van der Waals surface area contributed by atoms with Crippen LogP contribution < -0.4 is 10.5 Å². The zero-order chi connectivity index (χ0) is 14.1. The molecule has 3 rings (SSSR count). The van der Waals surface area contributed by atoms with Gasteiger partial charge in [0.2, 0.25) is 0 Å². The molecule has 2 heterocycles. The standard InChI is InChI=1S/C15H17N3OS/c1-3-19-12-6-4-11(5-7-12)14-9-20-15-17-10(2)13(8-16)18(14)15/h4-7,9H,3,8,16H2,1-2H3. The van der Waals surface area contributed by atoms with E-state index in [1.165, 1.54) is 0 Å². The van der Waals surface area contributed by atoms with Crippen molar-refractivity contribution >= 4 is 16.3 Å². The molecular weight excluding hydrogens is 270 g/mol. The minimum absolute atomic E-state index is 0.494. The van der Waals surface area contributed by atoms with Gasteiger partial charge in [0.05, 0.1) is 23.7 Å². The number of imidazole rings is 1. The van der Waals surface area contributed by atoms with Crippen molar-refractivity contribution in [3.8, 4) is 17.0 Å². The SMILES string of the molecule is CCOc1ccc(-c2csc3nc(C)c(CN)n23)cc1. The number of benzene rings is 1. The van der Waals surface area contributed by atoms with Crippen LogP contribution in [-0.2, 0) is 6.54 Å². The molecule has 0 aliphatic rings. The van der Waals surface area contributed by atoms with Crippen molar-refractivity contribution in [3.05, 3.63) is 41.0 Å². The van der Waals surface area contributed by atoms with Crippen molar-refractivity contribution < 1.29 is 4.74 Å². The number of nitrogens with two attached hydrogens (primary N) is 1. The van der Waals surface area contributed by atoms with Crippen molar-refractivity contribution in [1.82, 2.24) is 9.38 Å². The number of fused-ring (bicyclic) bond motifs is 1. The Morgan fingerprint density at radius 3 is 2.70 bits per heavy atom. The van der Waals surface area contributed by atoms with E-state index in [2.05, 4.69) is 26.9 Å². The van der Waals surface area contributed by atoms with Crippen LogP contribution in [0, 0.1) is 6.92 Å². The smallest absolute Gasteiger partial charge is 0.194 e. The average molecular weight is 287 g/mol. The van der Waals surface area contributed by atoms with E-state index in [4.69, 9.17) is 10.5 Å². The van der Waals surface area contributed by atoms with Crippen LogP contribution in [0.5, 0.6) is 5.75 Å². The summed E-state index contributed by atoms with van der Waals surface area (Å²) in [5.74, 6) is 0.892. The molecule has 104 valence electrons. The van der Waals surface area contributed by atoms with Gasteiger partial charge in [0.15, 0.2) is 4.96 Å². The fraction of sp³-hybridized carbons (Fsp3) is 0.267. The zero-order valence-corrected chi connectivity index (χ0v) is 12.4. The topological polar surface area (TPSA) is 52.5 Å². The van der Waals surface area contributed by atoms with Crippen LogP contribution in [0.1, 0.15) is 18.3 Å². The predicted octanol–water partition coefficient (Wildman–Crippen LogP) is 3.23. The molecule has 20 heavy (non-hydrogen) atoms. The molecule has 2 aromatic heterocycles. The van der Waals surface area contributed by atoms with Gasteiger partial charge in [0.25, 0.3) is 0 Å². The molecule has 0 fully saturated rings. The number of aryl methyl sites for hydroxylation is 1. The number of rotatable bonds is 4. The molecular formula is C15H17N3OS. The molecule has 0 saturated carbocycles. The van der Waals surface area contributed by atoms with Crippen LogP contribution in [0.15, 0.2) is 29.6 Å². The summed E-state index contributed by atoms with van der Waals surface area (Å²) in [7, 11) is 0. The van der Waals surface area contributed by atoms with Crippen molar-refractivity contribution in [2.24, 2.45) is 5.73 Å². The van der Waals surface area contributed by atoms with Gasteiger partial charge in [-0.05, 0) is 43.7 Å². The maximum atomic E-state index is 5.85. The van der Waals surface area contributed by atoms with E-state index < -0.39 is 0 Å². The summed E-state index contributed by atoms with van der Waals surface area (Å²) in [6.45, 7) is 5.16. The minimum Gasteiger partial charge on any atom is -0.494 e. The number of nitrogens with zero attached hydrogens (tertiary/aromatic N) is 2. The molecule has 0 radical (unpaired) electrons. The van der Waals surface area contributed by atoms with Gasteiger partial charge in [-0.1, -0.05) is 0 Å². The number of hydrogen-bond donors (Lipinski definition) is 1. The Balaban J connectivity index is 2.09. The van der Waals surface area contributed by atoms with E-state index in [0.717, 1.165) is 33.4 Å². The molecule has 0 bridgehead atoms. The van der Waals surface area contributed by atoms with Crippen LogP contribution in [0.25, 0.3) is 16.2 Å². The molecule has 5 heteroatoms. The van der Waals surface area contributed by atoms with E-state index in [0.29, 0.717) is 13.2 Å². The minimum atomic E-state index is 0.494. The number of thiazole rings is 1. The fourth-order valence-corrected chi connectivity index (χ4v) is 3.31. The third-order valence-corrected chi connectivity index (χ3v) is 4.14. The summed E-state index contributed by atoms with van der Waals surface area (Å²) in [4.78, 5) is 5.55. The van der Waals surface area contributed by atoms with Crippen molar-refractivity contribution in [2.75, 3.05) is 6.61 Å². The van der Waals surface area contributed by atoms with Gasteiger partial charge >= 0.3 is 0 Å². The lowest BCUT2D eigenvalue weighted by atomic mass is 10.1. The summed E-state index contributed by atoms with van der Waals surface area (Å²) < 4.78 is 7.63. The summed E-state index contributed by atoms with van der Waals surface area (Å²) in [5, 5.41) is 2.12. The van der Waals surface area contributed by atoms with E-state index >= 15 is 0 Å². The van der Waals surface area contributed by atoms with Crippen LogP contribution in [0.4, 0.5) is 0 Å². The largest absolute Gasteiger partial charge is 0.494 e. The summed E-state index contributed by atoms with van der Waals surface area (Å²) in [6, 6.07) is 8.13. The Labute approximate surface area is 121 Å². The molecule has 0 atom stereocenters. The summed E-state index contributed by atoms with van der Waals surface area (Å²) in [6.07, 6.45) is 0. The Hall–Kier alpha value is -1.85. The first-order valence-corrected chi connectivity index (χ1v) is 7.51. The third-order valence-electron chi connectivity index (χ3n) is 3.31. The van der Waals surface area contributed by atoms with E-state index in [-0.39, 0.29) is 0 Å². The first-order valence-electron chi connectivity index (χ1n) is 6.63. The average Bonchev–Trinajstić information content (AvgIpc) is 2.98. The van der Waals surface area contributed by atoms with Gasteiger partial charge in [-0.25, -0.2) is 4.98 Å². The monoisotopic (exact) mass is 287 g/mol. The highest BCUT2D eigenvalue weighted by Gasteiger charge is 2.14. The first-order chi connectivity index (χ1) is 9.74. The van der Waals surface area contributed by atoms with Gasteiger partial charge in [-0.2, -0.15) is 0 Å². The predicted molar refractivity (Wildman–Crippen MR) is 82.3 cm³/mol. The first kappa shape index (κ1) is 13.1. The molecule has 3 aromatic rings. The van der Waals surface area contributed by atoms with E-state index in [1.807, 2.05) is 26.0 Å². The molecule has 0 amide bonds. The molecule has 0 aliphatic carbocycles. The van der Waals surface area contributed by atoms with Crippen molar-refractivity contribution in [3.63, 3.8) is 0 Å². The number of ether oxygens (including phenoxy) is 1. The molecule has 0 aliphatic heterocycles. The van der Waals surface area contributed by atoms with Crippen LogP contribution in [0.2, 0.25) is 0 Å². The molecule has 0 saturated heterocycles. The van der Waals surface area contributed by atoms with Crippen LogP contribution in [-0.4, -0.2) is 16.0 Å². The van der Waals surface area contributed by atoms with Gasteiger partial charge < -0.3 is 10.5 Å². The van der Waals surface area contributed by atoms with Crippen molar-refractivity contribution in [1.29, 1.82) is 0 Å². The molecule has 1 aromatic carbocycles. The highest BCUT2D eigenvalue weighted by atomic mass is 32.1. The number of aromatic nitrogens is 2. The van der Waals surface area contributed by atoms with Crippen LogP contribution in [0.3, 0.4) is 0 Å². The molecule has 0 spiro atoms. The molecule has 4 nitrogen and oxygen atoms in total. The maximum absolute atomic E-state index is 5.85. The van der Waals surface area contributed by atoms with Gasteiger partial charge in [0, 0.05) is 11.9 Å². The Kier molecular flexibility index (Phi) is 3.46. The van der Waals surface area contributed by atoms with Crippen molar-refractivity contribution in [2.45, 2.75) is 20.4 Å². The lowest BCUT2D eigenvalue weighted by molar-refractivity contribution is 0.340. The Morgan fingerprint density at radius 2 is 2.05 bits per heavy atom. The lowest BCUT2D eigenvalue weighted by Gasteiger charge is -2.06. The number of hydrogen-bond acceptors (Lipinski definition) is 4. The highest BCUT2D eigenvalue weighted by molar-refractivity contribution is 7.15. The second-order valence-electron chi connectivity index (χ2n) is 4.54. The Morgan fingerprint density at radius 1 is 1.30 bits per heavy atom. The maximum Gasteiger partial charge on any atom is 0.194 e. The zero-order valence-electron chi connectivity index (χ0n) is 11.6. The normalized spacial score (nSPS) is 11.2. The third kappa shape index (κ3) is 2.09.